The van der Waals surface area contributed by atoms with Crippen molar-refractivity contribution in [3.63, 3.8) is 0 Å². The first-order chi connectivity index (χ1) is 14.9. The number of carbonyl (C=O) groups excluding carboxylic acids is 2. The maximum atomic E-state index is 13.1. The number of carbonyl (C=O) groups is 2. The van der Waals surface area contributed by atoms with Crippen molar-refractivity contribution >= 4 is 17.5 Å². The highest BCUT2D eigenvalue weighted by atomic mass is 16.2. The first-order valence-electron chi connectivity index (χ1n) is 10.9. The number of hydrogen-bond donors (Lipinski definition) is 1. The van der Waals surface area contributed by atoms with Gasteiger partial charge in [-0.05, 0) is 37.7 Å². The Balaban J connectivity index is 1.23. The minimum atomic E-state index is -0.714. The number of likely N-dealkylation sites (tertiary alicyclic amines) is 3. The first kappa shape index (κ1) is 20.0. The molecule has 5 rings (SSSR count). The number of fused-ring (bicyclic) bond motifs is 3. The minimum absolute atomic E-state index is 0.0625. The Labute approximate surface area is 182 Å². The second-order valence-electron chi connectivity index (χ2n) is 9.28. The third-order valence-electron chi connectivity index (χ3n) is 7.49. The Morgan fingerprint density at radius 2 is 2.06 bits per heavy atom. The van der Waals surface area contributed by atoms with E-state index in [4.69, 9.17) is 12.3 Å². The quantitative estimate of drug-likeness (QED) is 0.730. The van der Waals surface area contributed by atoms with Crippen molar-refractivity contribution in [2.24, 2.45) is 11.7 Å². The summed E-state index contributed by atoms with van der Waals surface area (Å²) in [4.78, 5) is 35.2. The molecular weight excluding hydrogens is 392 g/mol. The summed E-state index contributed by atoms with van der Waals surface area (Å²) < 4.78 is 0. The molecule has 3 saturated heterocycles. The highest BCUT2D eigenvalue weighted by Gasteiger charge is 2.56. The molecule has 0 aromatic heterocycles. The maximum Gasteiger partial charge on any atom is 0.242 e. The summed E-state index contributed by atoms with van der Waals surface area (Å²) in [5, 5.41) is 9.35. The first-order valence-corrected chi connectivity index (χ1v) is 10.9. The van der Waals surface area contributed by atoms with Gasteiger partial charge in [-0.2, -0.15) is 5.26 Å². The molecule has 7 atom stereocenters. The Morgan fingerprint density at radius 1 is 1.32 bits per heavy atom. The lowest BCUT2D eigenvalue weighted by atomic mass is 10.0. The fourth-order valence-corrected chi connectivity index (χ4v) is 5.80. The molecule has 2 bridgehead atoms. The highest BCUT2D eigenvalue weighted by molar-refractivity contribution is 5.87. The molecule has 8 heteroatoms. The number of hydrogen-bond acceptors (Lipinski definition) is 5. The summed E-state index contributed by atoms with van der Waals surface area (Å²) in [6.07, 6.45) is 2.49. The van der Waals surface area contributed by atoms with Crippen LogP contribution in [0, 0.1) is 23.8 Å². The number of piperidine rings is 1. The molecule has 1 saturated carbocycles. The van der Waals surface area contributed by atoms with Gasteiger partial charge >= 0.3 is 0 Å². The molecule has 3 heterocycles. The van der Waals surface area contributed by atoms with Crippen LogP contribution in [-0.4, -0.2) is 69.8 Å². The van der Waals surface area contributed by atoms with Crippen LogP contribution in [0.2, 0.25) is 0 Å². The second-order valence-corrected chi connectivity index (χ2v) is 9.28. The van der Waals surface area contributed by atoms with Crippen LogP contribution in [0.5, 0.6) is 0 Å². The van der Waals surface area contributed by atoms with Gasteiger partial charge in [-0.25, -0.2) is 4.85 Å². The Kier molecular flexibility index (Phi) is 4.73. The van der Waals surface area contributed by atoms with Gasteiger partial charge in [-0.15, -0.1) is 0 Å². The third kappa shape index (κ3) is 3.18. The number of benzene rings is 1. The van der Waals surface area contributed by atoms with Crippen LogP contribution in [0.1, 0.15) is 37.8 Å². The zero-order chi connectivity index (χ0) is 21.9. The van der Waals surface area contributed by atoms with Crippen molar-refractivity contribution in [2.75, 3.05) is 13.1 Å². The molecule has 4 fully saturated rings. The predicted molar refractivity (Wildman–Crippen MR) is 112 cm³/mol. The number of nitriles is 1. The molecule has 31 heavy (non-hydrogen) atoms. The van der Waals surface area contributed by atoms with Crippen LogP contribution in [0.4, 0.5) is 5.69 Å². The van der Waals surface area contributed by atoms with Crippen LogP contribution in [0.3, 0.4) is 0 Å². The average Bonchev–Trinajstić information content (AvgIpc) is 3.11. The van der Waals surface area contributed by atoms with E-state index >= 15 is 0 Å². The average molecular weight is 419 g/mol. The molecule has 4 aliphatic rings. The van der Waals surface area contributed by atoms with E-state index in [2.05, 4.69) is 10.9 Å². The Bertz CT molecular complexity index is 995. The topological polar surface area (TPSA) is 98.0 Å². The molecule has 2 amide bonds. The lowest BCUT2D eigenvalue weighted by Crippen LogP contribution is -2.57. The minimum Gasteiger partial charge on any atom is -0.330 e. The fraction of sp³-hybridized carbons (Fsp3) is 0.565. The summed E-state index contributed by atoms with van der Waals surface area (Å²) in [6, 6.07) is 8.54. The predicted octanol–water partition coefficient (Wildman–Crippen LogP) is 1.42. The molecule has 2 N–H and O–H groups in total. The Hall–Kier alpha value is -2.94. The highest BCUT2D eigenvalue weighted by Crippen LogP contribution is 2.48. The van der Waals surface area contributed by atoms with Gasteiger partial charge in [0.2, 0.25) is 11.8 Å². The van der Waals surface area contributed by atoms with Crippen molar-refractivity contribution in [1.82, 2.24) is 14.7 Å². The zero-order valence-electron chi connectivity index (χ0n) is 17.5. The van der Waals surface area contributed by atoms with Crippen molar-refractivity contribution in [1.29, 1.82) is 5.26 Å². The van der Waals surface area contributed by atoms with Crippen LogP contribution in [-0.2, 0) is 9.59 Å². The standard InChI is InChI=1S/C23H26N6O2/c1-13(14-3-5-16(26-2)6-4-14)28-18-9-21(23(28)31)27(11-18)12-19(25)22(30)29-17(10-24)7-15-8-20(15)29/h3-6,13,15,17-21H,7-9,11-12,25H2,1H3/t13-,15+,17-,18-,19-,20-,21-/m0/s1. The van der Waals surface area contributed by atoms with Crippen LogP contribution >= 0.6 is 0 Å². The molecule has 1 aromatic rings. The van der Waals surface area contributed by atoms with Gasteiger partial charge in [0.25, 0.3) is 0 Å². The van der Waals surface area contributed by atoms with E-state index in [0.717, 1.165) is 24.8 Å². The van der Waals surface area contributed by atoms with Crippen LogP contribution in [0.25, 0.3) is 4.85 Å². The monoisotopic (exact) mass is 418 g/mol. The number of rotatable bonds is 5. The summed E-state index contributed by atoms with van der Waals surface area (Å²) in [6.45, 7) is 10.2. The molecule has 1 aromatic carbocycles. The Morgan fingerprint density at radius 3 is 2.71 bits per heavy atom. The molecule has 1 aliphatic carbocycles. The van der Waals surface area contributed by atoms with Crippen molar-refractivity contribution in [2.45, 2.75) is 62.4 Å². The fourth-order valence-electron chi connectivity index (χ4n) is 5.80. The van der Waals surface area contributed by atoms with Crippen LogP contribution in [0.15, 0.2) is 24.3 Å². The van der Waals surface area contributed by atoms with Gasteiger partial charge in [0.15, 0.2) is 5.69 Å². The van der Waals surface area contributed by atoms with Gasteiger partial charge in [-0.1, -0.05) is 24.3 Å². The number of amides is 2. The molecular formula is C23H26N6O2. The smallest absolute Gasteiger partial charge is 0.242 e. The van der Waals surface area contributed by atoms with Gasteiger partial charge in [0.1, 0.15) is 6.04 Å². The van der Waals surface area contributed by atoms with Gasteiger partial charge in [0, 0.05) is 25.2 Å². The zero-order valence-corrected chi connectivity index (χ0v) is 17.5. The van der Waals surface area contributed by atoms with E-state index in [1.165, 1.54) is 0 Å². The van der Waals surface area contributed by atoms with E-state index in [1.807, 2.05) is 28.9 Å². The van der Waals surface area contributed by atoms with Crippen molar-refractivity contribution < 1.29 is 9.59 Å². The molecule has 0 radical (unpaired) electrons. The second kappa shape index (κ2) is 7.33. The van der Waals surface area contributed by atoms with Crippen LogP contribution < -0.4 is 5.73 Å². The molecule has 160 valence electrons. The van der Waals surface area contributed by atoms with Gasteiger partial charge < -0.3 is 15.5 Å². The largest absolute Gasteiger partial charge is 0.330 e. The number of nitrogens with zero attached hydrogens (tertiary/aromatic N) is 5. The van der Waals surface area contributed by atoms with Crippen molar-refractivity contribution in [3.8, 4) is 6.07 Å². The van der Waals surface area contributed by atoms with Crippen molar-refractivity contribution in [3.05, 3.63) is 41.2 Å². The summed E-state index contributed by atoms with van der Waals surface area (Å²) in [7, 11) is 0. The summed E-state index contributed by atoms with van der Waals surface area (Å²) in [5.74, 6) is 0.386. The van der Waals surface area contributed by atoms with E-state index in [9.17, 15) is 14.9 Å². The normalized spacial score (nSPS) is 33.0. The van der Waals surface area contributed by atoms with E-state index in [0.29, 0.717) is 24.7 Å². The third-order valence-corrected chi connectivity index (χ3v) is 7.49. The SMILES string of the molecule is [C-]#[N+]c1ccc([C@H](C)N2C(=O)[C@@H]3C[C@H]2CN3C[C@H](N)C(=O)N2[C@H](C#N)C[C@@H]3C[C@@H]32)cc1. The molecule has 3 aliphatic heterocycles. The van der Waals surface area contributed by atoms with E-state index < -0.39 is 6.04 Å². The summed E-state index contributed by atoms with van der Waals surface area (Å²) >= 11 is 0. The maximum absolute atomic E-state index is 13.1. The molecule has 8 nitrogen and oxygen atoms in total. The van der Waals surface area contributed by atoms with Gasteiger partial charge in [0.05, 0.1) is 30.8 Å². The lowest BCUT2D eigenvalue weighted by Gasteiger charge is -2.38. The van der Waals surface area contributed by atoms with E-state index in [-0.39, 0.29) is 42.0 Å². The number of nitrogens with two attached hydrogens (primary N) is 1. The van der Waals surface area contributed by atoms with E-state index in [1.54, 1.807) is 17.0 Å². The molecule has 0 spiro atoms. The lowest BCUT2D eigenvalue weighted by molar-refractivity contribution is -0.141. The molecule has 0 unspecified atom stereocenters. The van der Waals surface area contributed by atoms with Gasteiger partial charge in [-0.3, -0.25) is 14.5 Å². The summed E-state index contributed by atoms with van der Waals surface area (Å²) in [5.41, 5.74) is 7.88. The number of piperazine rings is 1.